The zero-order chi connectivity index (χ0) is 18.5. The number of nitrogens with zero attached hydrogens (tertiary/aromatic N) is 5. The minimum absolute atomic E-state index is 0.238. The van der Waals surface area contributed by atoms with Crippen LogP contribution in [0.4, 0.5) is 5.82 Å². The number of nitrogens with one attached hydrogen (secondary N) is 1. The summed E-state index contributed by atoms with van der Waals surface area (Å²) in [5.74, 6) is 0.768. The van der Waals surface area contributed by atoms with Crippen molar-refractivity contribution in [2.24, 2.45) is 0 Å². The molecule has 138 valence electrons. The summed E-state index contributed by atoms with van der Waals surface area (Å²) in [7, 11) is 0. The van der Waals surface area contributed by atoms with Crippen LogP contribution in [0, 0.1) is 0 Å². The lowest BCUT2D eigenvalue weighted by Gasteiger charge is -2.16. The zero-order valence-corrected chi connectivity index (χ0v) is 15.1. The Morgan fingerprint density at radius 1 is 1.04 bits per heavy atom. The maximum absolute atomic E-state index is 12.3. The van der Waals surface area contributed by atoms with Crippen molar-refractivity contribution >= 4 is 11.7 Å². The summed E-state index contributed by atoms with van der Waals surface area (Å²) in [5.41, 5.74) is 2.38. The summed E-state index contributed by atoms with van der Waals surface area (Å²) in [4.78, 5) is 19.1. The van der Waals surface area contributed by atoms with Gasteiger partial charge in [0, 0.05) is 25.8 Å². The Morgan fingerprint density at radius 2 is 1.85 bits per heavy atom. The second-order valence-electron chi connectivity index (χ2n) is 6.69. The fourth-order valence-corrected chi connectivity index (χ4v) is 3.18. The van der Waals surface area contributed by atoms with E-state index in [0.717, 1.165) is 30.0 Å². The maximum atomic E-state index is 12.3. The number of benzene rings is 1. The highest BCUT2D eigenvalue weighted by atomic mass is 16.2. The molecule has 1 fully saturated rings. The molecular formula is C20H22N6O. The molecule has 3 aromatic rings. The van der Waals surface area contributed by atoms with Gasteiger partial charge in [-0.05, 0) is 30.0 Å². The normalized spacial score (nSPS) is 13.7. The van der Waals surface area contributed by atoms with E-state index in [-0.39, 0.29) is 5.91 Å². The molecule has 7 nitrogen and oxygen atoms in total. The number of amides is 1. The van der Waals surface area contributed by atoms with Crippen molar-refractivity contribution in [1.29, 1.82) is 0 Å². The fraction of sp³-hybridized carbons (Fsp3) is 0.300. The molecule has 1 aliphatic rings. The number of anilines is 1. The van der Waals surface area contributed by atoms with Crippen molar-refractivity contribution < 1.29 is 4.79 Å². The number of aromatic nitrogens is 4. The fourth-order valence-electron chi connectivity index (χ4n) is 3.18. The molecule has 7 heteroatoms. The molecule has 4 rings (SSSR count). The first kappa shape index (κ1) is 17.2. The molecule has 1 amide bonds. The Hall–Kier alpha value is -3.22. The highest BCUT2D eigenvalue weighted by molar-refractivity contribution is 5.91. The Balaban J connectivity index is 1.31. The molecule has 1 aliphatic heterocycles. The molecule has 2 aromatic heterocycles. The van der Waals surface area contributed by atoms with Gasteiger partial charge in [-0.15, -0.1) is 5.10 Å². The van der Waals surface area contributed by atoms with Gasteiger partial charge in [0.05, 0.1) is 12.7 Å². The molecule has 0 aliphatic carbocycles. The molecule has 0 atom stereocenters. The first-order valence-corrected chi connectivity index (χ1v) is 9.20. The lowest BCUT2D eigenvalue weighted by Crippen LogP contribution is -2.23. The van der Waals surface area contributed by atoms with Crippen molar-refractivity contribution in [3.8, 4) is 0 Å². The SMILES string of the molecule is O=C(NCc1ccc(N2CCCC2)nc1)c1cn(Cc2ccccc2)nn1. The molecule has 0 radical (unpaired) electrons. The van der Waals surface area contributed by atoms with Gasteiger partial charge in [-0.3, -0.25) is 4.79 Å². The van der Waals surface area contributed by atoms with Crippen LogP contribution >= 0.6 is 0 Å². The summed E-state index contributed by atoms with van der Waals surface area (Å²) in [5, 5.41) is 10.9. The van der Waals surface area contributed by atoms with E-state index in [1.54, 1.807) is 10.9 Å². The van der Waals surface area contributed by atoms with Gasteiger partial charge >= 0.3 is 0 Å². The van der Waals surface area contributed by atoms with Crippen molar-refractivity contribution in [3.63, 3.8) is 0 Å². The van der Waals surface area contributed by atoms with Crippen molar-refractivity contribution in [1.82, 2.24) is 25.3 Å². The molecule has 1 aromatic carbocycles. The van der Waals surface area contributed by atoms with Gasteiger partial charge < -0.3 is 10.2 Å². The smallest absolute Gasteiger partial charge is 0.273 e. The third-order valence-electron chi connectivity index (χ3n) is 4.65. The van der Waals surface area contributed by atoms with Crippen molar-refractivity contribution in [2.45, 2.75) is 25.9 Å². The van der Waals surface area contributed by atoms with Crippen LogP contribution in [0.15, 0.2) is 54.9 Å². The second-order valence-corrected chi connectivity index (χ2v) is 6.69. The van der Waals surface area contributed by atoms with E-state index in [1.807, 2.05) is 48.7 Å². The van der Waals surface area contributed by atoms with E-state index in [1.165, 1.54) is 12.8 Å². The number of carbonyl (C=O) groups excluding carboxylic acids is 1. The van der Waals surface area contributed by atoms with Crippen LogP contribution in [-0.4, -0.2) is 39.0 Å². The number of carbonyl (C=O) groups is 1. The van der Waals surface area contributed by atoms with Gasteiger partial charge in [0.2, 0.25) is 0 Å². The Kier molecular flexibility index (Phi) is 5.09. The Bertz CT molecular complexity index is 884. The lowest BCUT2D eigenvalue weighted by atomic mass is 10.2. The topological polar surface area (TPSA) is 75.9 Å². The third-order valence-corrected chi connectivity index (χ3v) is 4.65. The zero-order valence-electron chi connectivity index (χ0n) is 15.1. The van der Waals surface area contributed by atoms with E-state index in [9.17, 15) is 4.79 Å². The molecule has 3 heterocycles. The summed E-state index contributed by atoms with van der Waals surface area (Å²) < 4.78 is 1.66. The highest BCUT2D eigenvalue weighted by Gasteiger charge is 2.14. The van der Waals surface area contributed by atoms with Crippen LogP contribution in [0.5, 0.6) is 0 Å². The molecule has 0 bridgehead atoms. The quantitative estimate of drug-likeness (QED) is 0.728. The van der Waals surface area contributed by atoms with Crippen LogP contribution < -0.4 is 10.2 Å². The maximum Gasteiger partial charge on any atom is 0.273 e. The van der Waals surface area contributed by atoms with E-state index in [0.29, 0.717) is 18.8 Å². The first-order valence-electron chi connectivity index (χ1n) is 9.20. The summed E-state index contributed by atoms with van der Waals surface area (Å²) >= 11 is 0. The van der Waals surface area contributed by atoms with Gasteiger partial charge in [0.1, 0.15) is 5.82 Å². The van der Waals surface area contributed by atoms with E-state index < -0.39 is 0 Å². The van der Waals surface area contributed by atoms with Crippen LogP contribution in [0.2, 0.25) is 0 Å². The van der Waals surface area contributed by atoms with E-state index in [4.69, 9.17) is 0 Å². The molecule has 27 heavy (non-hydrogen) atoms. The van der Waals surface area contributed by atoms with Gasteiger partial charge in [0.15, 0.2) is 5.69 Å². The molecule has 0 spiro atoms. The highest BCUT2D eigenvalue weighted by Crippen LogP contribution is 2.17. The Morgan fingerprint density at radius 3 is 2.59 bits per heavy atom. The predicted octanol–water partition coefficient (Wildman–Crippen LogP) is 2.25. The molecule has 1 saturated heterocycles. The van der Waals surface area contributed by atoms with Crippen LogP contribution in [0.3, 0.4) is 0 Å². The monoisotopic (exact) mass is 362 g/mol. The van der Waals surface area contributed by atoms with Crippen LogP contribution in [-0.2, 0) is 13.1 Å². The largest absolute Gasteiger partial charge is 0.357 e. The van der Waals surface area contributed by atoms with Crippen LogP contribution in [0.1, 0.15) is 34.5 Å². The van der Waals surface area contributed by atoms with E-state index >= 15 is 0 Å². The molecule has 0 unspecified atom stereocenters. The molecular weight excluding hydrogens is 340 g/mol. The van der Waals surface area contributed by atoms with Crippen molar-refractivity contribution in [2.75, 3.05) is 18.0 Å². The van der Waals surface area contributed by atoms with Gasteiger partial charge in [-0.25, -0.2) is 9.67 Å². The average molecular weight is 362 g/mol. The summed E-state index contributed by atoms with van der Waals surface area (Å²) in [6.45, 7) is 3.14. The third kappa shape index (κ3) is 4.31. The second kappa shape index (κ2) is 7.99. The average Bonchev–Trinajstić information content (AvgIpc) is 3.40. The van der Waals surface area contributed by atoms with Gasteiger partial charge in [-0.1, -0.05) is 41.6 Å². The van der Waals surface area contributed by atoms with E-state index in [2.05, 4.69) is 25.5 Å². The minimum Gasteiger partial charge on any atom is -0.357 e. The molecule has 0 saturated carbocycles. The van der Waals surface area contributed by atoms with Crippen molar-refractivity contribution in [3.05, 3.63) is 71.7 Å². The first-order chi connectivity index (χ1) is 13.3. The number of pyridine rings is 1. The number of hydrogen-bond acceptors (Lipinski definition) is 5. The lowest BCUT2D eigenvalue weighted by molar-refractivity contribution is 0.0946. The number of rotatable bonds is 6. The Labute approximate surface area is 158 Å². The van der Waals surface area contributed by atoms with Gasteiger partial charge in [-0.2, -0.15) is 0 Å². The number of hydrogen-bond donors (Lipinski definition) is 1. The summed E-state index contributed by atoms with van der Waals surface area (Å²) in [6.07, 6.45) is 5.94. The minimum atomic E-state index is -0.238. The molecule has 1 N–H and O–H groups in total. The predicted molar refractivity (Wildman–Crippen MR) is 102 cm³/mol. The van der Waals surface area contributed by atoms with Crippen LogP contribution in [0.25, 0.3) is 0 Å². The standard InChI is InChI=1S/C20H22N6O/c27-20(18-15-26(24-23-18)14-16-6-2-1-3-7-16)22-13-17-8-9-19(21-12-17)25-10-4-5-11-25/h1-3,6-9,12,15H,4-5,10-11,13-14H2,(H,22,27). The summed E-state index contributed by atoms with van der Waals surface area (Å²) in [6, 6.07) is 14.0. The van der Waals surface area contributed by atoms with Gasteiger partial charge in [0.25, 0.3) is 5.91 Å².